The molecule has 25 heavy (non-hydrogen) atoms. The van der Waals surface area contributed by atoms with Crippen LogP contribution < -0.4 is 9.80 Å². The monoisotopic (exact) mass is 407 g/mol. The molecule has 1 fully saturated rings. The molecule has 132 valence electrons. The number of aromatic hydroxyl groups is 1. The molecule has 0 radical (unpaired) electrons. The highest BCUT2D eigenvalue weighted by atomic mass is 79.9. The lowest BCUT2D eigenvalue weighted by molar-refractivity contribution is -1.02. The second kappa shape index (κ2) is 7.95. The number of phenolic OH excluding ortho intramolecular Hbond substituents is 1. The molecule has 1 aliphatic rings. The summed E-state index contributed by atoms with van der Waals surface area (Å²) in [5, 5.41) is 20.7. The van der Waals surface area contributed by atoms with Crippen LogP contribution in [0.4, 0.5) is 5.69 Å². The molecule has 0 saturated carbocycles. The average molecular weight is 408 g/mol. The quantitative estimate of drug-likeness (QED) is 0.500. The molecular weight excluding hydrogens is 386 g/mol. The highest BCUT2D eigenvalue weighted by molar-refractivity contribution is 9.10. The number of halogens is 1. The van der Waals surface area contributed by atoms with Gasteiger partial charge >= 0.3 is 0 Å². The van der Waals surface area contributed by atoms with E-state index in [1.165, 1.54) is 9.80 Å². The number of non-ortho nitro benzene ring substituents is 1. The van der Waals surface area contributed by atoms with E-state index >= 15 is 0 Å². The zero-order valence-electron chi connectivity index (χ0n) is 13.9. The Labute approximate surface area is 155 Å². The summed E-state index contributed by atoms with van der Waals surface area (Å²) in [5.41, 5.74) is 2.25. The number of nitro benzene ring substituents is 1. The van der Waals surface area contributed by atoms with Crippen LogP contribution in [0.3, 0.4) is 0 Å². The fourth-order valence-electron chi connectivity index (χ4n) is 3.30. The van der Waals surface area contributed by atoms with Crippen molar-refractivity contribution in [3.63, 3.8) is 0 Å². The minimum absolute atomic E-state index is 0.141. The van der Waals surface area contributed by atoms with Crippen molar-refractivity contribution in [3.05, 3.63) is 68.2 Å². The molecule has 0 unspecified atom stereocenters. The zero-order valence-corrected chi connectivity index (χ0v) is 15.5. The van der Waals surface area contributed by atoms with Crippen LogP contribution in [0.2, 0.25) is 0 Å². The minimum Gasteiger partial charge on any atom is -0.507 e. The second-order valence-corrected chi connectivity index (χ2v) is 7.47. The fraction of sp³-hybridized carbons (Fsp3) is 0.333. The third-order valence-electron chi connectivity index (χ3n) is 4.75. The van der Waals surface area contributed by atoms with E-state index in [1.807, 2.05) is 24.3 Å². The van der Waals surface area contributed by atoms with Crippen molar-refractivity contribution < 1.29 is 19.8 Å². The Hall–Kier alpha value is -1.96. The van der Waals surface area contributed by atoms with Gasteiger partial charge in [0.1, 0.15) is 45.0 Å². The molecule has 6 nitrogen and oxygen atoms in total. The number of hydrogen-bond donors (Lipinski definition) is 3. The Bertz CT molecular complexity index is 744. The van der Waals surface area contributed by atoms with Crippen LogP contribution in [0.15, 0.2) is 46.9 Å². The van der Waals surface area contributed by atoms with E-state index in [4.69, 9.17) is 0 Å². The minimum atomic E-state index is -0.365. The van der Waals surface area contributed by atoms with Gasteiger partial charge in [-0.05, 0) is 30.3 Å². The van der Waals surface area contributed by atoms with Gasteiger partial charge in [-0.25, -0.2) is 0 Å². The van der Waals surface area contributed by atoms with E-state index in [0.29, 0.717) is 5.75 Å². The average Bonchev–Trinajstić information content (AvgIpc) is 2.60. The molecular formula is C18H22BrN3O3+2. The van der Waals surface area contributed by atoms with Crippen LogP contribution in [-0.2, 0) is 13.1 Å². The third-order valence-corrected chi connectivity index (χ3v) is 5.24. The van der Waals surface area contributed by atoms with Gasteiger partial charge in [-0.1, -0.05) is 15.9 Å². The summed E-state index contributed by atoms with van der Waals surface area (Å²) in [6.45, 7) is 5.94. The smallest absolute Gasteiger partial charge is 0.269 e. The highest BCUT2D eigenvalue weighted by Crippen LogP contribution is 2.20. The van der Waals surface area contributed by atoms with Crippen LogP contribution in [-0.4, -0.2) is 36.2 Å². The van der Waals surface area contributed by atoms with E-state index in [9.17, 15) is 15.2 Å². The summed E-state index contributed by atoms with van der Waals surface area (Å²) >= 11 is 3.46. The first-order valence-corrected chi connectivity index (χ1v) is 9.18. The molecule has 1 aliphatic heterocycles. The molecule has 0 amide bonds. The molecule has 0 spiro atoms. The number of benzene rings is 2. The number of hydrogen-bond acceptors (Lipinski definition) is 3. The van der Waals surface area contributed by atoms with Crippen LogP contribution in [0, 0.1) is 10.1 Å². The number of piperazine rings is 1. The number of quaternary nitrogens is 2. The maximum Gasteiger partial charge on any atom is 0.269 e. The molecule has 0 aromatic heterocycles. The molecule has 2 aromatic carbocycles. The van der Waals surface area contributed by atoms with Crippen molar-refractivity contribution in [1.82, 2.24) is 0 Å². The predicted octanol–water partition coefficient (Wildman–Crippen LogP) is 0.546. The Morgan fingerprint density at radius 2 is 1.60 bits per heavy atom. The van der Waals surface area contributed by atoms with Crippen LogP contribution in [0.1, 0.15) is 11.1 Å². The standard InChI is InChI=1S/C18H20BrN3O3/c19-16-3-6-18(23)15(11-16)13-21-9-7-20(8-10-21)12-14-1-4-17(5-2-14)22(24)25/h1-6,11,23H,7-10,12-13H2/p+2. The molecule has 0 atom stereocenters. The summed E-state index contributed by atoms with van der Waals surface area (Å²) in [5.74, 6) is 0.358. The number of phenols is 1. The molecule has 0 aliphatic carbocycles. The summed E-state index contributed by atoms with van der Waals surface area (Å²) in [6.07, 6.45) is 0. The van der Waals surface area contributed by atoms with Crippen molar-refractivity contribution >= 4 is 21.6 Å². The Morgan fingerprint density at radius 3 is 2.20 bits per heavy atom. The van der Waals surface area contributed by atoms with Gasteiger partial charge in [0.05, 0.1) is 4.92 Å². The zero-order chi connectivity index (χ0) is 17.8. The summed E-state index contributed by atoms with van der Waals surface area (Å²) in [6, 6.07) is 12.4. The topological polar surface area (TPSA) is 72.2 Å². The van der Waals surface area contributed by atoms with E-state index < -0.39 is 0 Å². The SMILES string of the molecule is O=[N+]([O-])c1ccc(C[NH+]2CC[NH+](Cc3cc(Br)ccc3O)CC2)cc1. The molecule has 1 heterocycles. The lowest BCUT2D eigenvalue weighted by Crippen LogP contribution is -3.27. The molecule has 7 heteroatoms. The molecule has 1 saturated heterocycles. The van der Waals surface area contributed by atoms with Crippen molar-refractivity contribution in [3.8, 4) is 5.75 Å². The fourth-order valence-corrected chi connectivity index (χ4v) is 3.71. The van der Waals surface area contributed by atoms with Crippen molar-refractivity contribution in [2.45, 2.75) is 13.1 Å². The number of nitro groups is 1. The first-order chi connectivity index (χ1) is 12.0. The summed E-state index contributed by atoms with van der Waals surface area (Å²) in [4.78, 5) is 13.3. The van der Waals surface area contributed by atoms with E-state index in [0.717, 1.165) is 54.9 Å². The Morgan fingerprint density at radius 1 is 1.00 bits per heavy atom. The van der Waals surface area contributed by atoms with Gasteiger partial charge < -0.3 is 14.9 Å². The van der Waals surface area contributed by atoms with Gasteiger partial charge in [-0.2, -0.15) is 0 Å². The Kier molecular flexibility index (Phi) is 5.67. The van der Waals surface area contributed by atoms with Gasteiger partial charge in [0.2, 0.25) is 0 Å². The molecule has 3 rings (SSSR count). The van der Waals surface area contributed by atoms with Gasteiger partial charge in [0, 0.05) is 27.7 Å². The van der Waals surface area contributed by atoms with E-state index in [1.54, 1.807) is 18.2 Å². The predicted molar refractivity (Wildman–Crippen MR) is 97.7 cm³/mol. The van der Waals surface area contributed by atoms with Crippen LogP contribution in [0.25, 0.3) is 0 Å². The molecule has 2 aromatic rings. The number of nitrogens with one attached hydrogen (secondary N) is 2. The largest absolute Gasteiger partial charge is 0.507 e. The molecule has 0 bridgehead atoms. The van der Waals surface area contributed by atoms with Gasteiger partial charge in [0.25, 0.3) is 5.69 Å². The maximum atomic E-state index is 10.7. The van der Waals surface area contributed by atoms with E-state index in [-0.39, 0.29) is 10.6 Å². The maximum absolute atomic E-state index is 10.7. The summed E-state index contributed by atoms with van der Waals surface area (Å²) in [7, 11) is 0. The van der Waals surface area contributed by atoms with E-state index in [2.05, 4.69) is 15.9 Å². The Balaban J connectivity index is 1.51. The van der Waals surface area contributed by atoms with Crippen molar-refractivity contribution in [2.24, 2.45) is 0 Å². The number of nitrogens with zero attached hydrogens (tertiary/aromatic N) is 1. The lowest BCUT2D eigenvalue weighted by Gasteiger charge is -2.30. The van der Waals surface area contributed by atoms with Gasteiger partial charge in [-0.3, -0.25) is 10.1 Å². The molecule has 3 N–H and O–H groups in total. The van der Waals surface area contributed by atoms with Gasteiger partial charge in [0.15, 0.2) is 0 Å². The third kappa shape index (κ3) is 4.78. The van der Waals surface area contributed by atoms with Crippen LogP contribution >= 0.6 is 15.9 Å². The number of rotatable bonds is 5. The van der Waals surface area contributed by atoms with Crippen molar-refractivity contribution in [1.29, 1.82) is 0 Å². The van der Waals surface area contributed by atoms with Crippen molar-refractivity contribution in [2.75, 3.05) is 26.2 Å². The van der Waals surface area contributed by atoms with Gasteiger partial charge in [-0.15, -0.1) is 0 Å². The second-order valence-electron chi connectivity index (χ2n) is 6.55. The normalized spacial score (nSPS) is 20.4. The lowest BCUT2D eigenvalue weighted by atomic mass is 10.1. The highest BCUT2D eigenvalue weighted by Gasteiger charge is 2.24. The first-order valence-electron chi connectivity index (χ1n) is 8.39. The first kappa shape index (κ1) is 17.8. The van der Waals surface area contributed by atoms with Crippen LogP contribution in [0.5, 0.6) is 5.75 Å². The summed E-state index contributed by atoms with van der Waals surface area (Å²) < 4.78 is 0.988.